The Balaban J connectivity index is 2.60. The van der Waals surface area contributed by atoms with E-state index >= 15 is 0 Å². The molecule has 0 fully saturated rings. The summed E-state index contributed by atoms with van der Waals surface area (Å²) in [5.74, 6) is 1.05. The lowest BCUT2D eigenvalue weighted by Crippen LogP contribution is -2.33. The minimum absolute atomic E-state index is 0.0174. The molecule has 22 heavy (non-hydrogen) atoms. The van der Waals surface area contributed by atoms with Gasteiger partial charge in [0.1, 0.15) is 17.2 Å². The Bertz CT molecular complexity index is 729. The van der Waals surface area contributed by atoms with Gasteiger partial charge in [0.15, 0.2) is 0 Å². The van der Waals surface area contributed by atoms with Gasteiger partial charge in [-0.05, 0) is 32.9 Å². The zero-order chi connectivity index (χ0) is 16.5. The first-order chi connectivity index (χ1) is 10.2. The summed E-state index contributed by atoms with van der Waals surface area (Å²) in [6.45, 7) is 5.48. The van der Waals surface area contributed by atoms with Gasteiger partial charge < -0.3 is 9.64 Å². The molecule has 1 aliphatic heterocycles. The van der Waals surface area contributed by atoms with Gasteiger partial charge in [0.25, 0.3) is 5.69 Å². The summed E-state index contributed by atoms with van der Waals surface area (Å²) in [5.41, 5.74) is 0.728. The van der Waals surface area contributed by atoms with E-state index in [4.69, 9.17) is 10.00 Å². The number of hydrogen-bond acceptors (Lipinski definition) is 5. The Morgan fingerprint density at radius 3 is 2.77 bits per heavy atom. The van der Waals surface area contributed by atoms with Crippen LogP contribution in [0.25, 0.3) is 5.70 Å². The van der Waals surface area contributed by atoms with Gasteiger partial charge in [0.2, 0.25) is 6.19 Å². The fraction of sp³-hybridized carbons (Fsp3) is 0.333. The average molecular weight is 300 g/mol. The number of fused-ring (bicyclic) bond motifs is 1. The van der Waals surface area contributed by atoms with E-state index in [1.165, 1.54) is 12.1 Å². The van der Waals surface area contributed by atoms with Crippen molar-refractivity contribution in [1.82, 2.24) is 4.90 Å². The number of ether oxygens (including phenoxy) is 1. The molecule has 0 atom stereocenters. The van der Waals surface area contributed by atoms with Crippen LogP contribution in [-0.4, -0.2) is 28.3 Å². The van der Waals surface area contributed by atoms with Gasteiger partial charge in [-0.2, -0.15) is 10.3 Å². The number of nitro benzene ring substituents is 1. The van der Waals surface area contributed by atoms with E-state index < -0.39 is 10.5 Å². The molecule has 0 N–H and O–H groups in total. The highest BCUT2D eigenvalue weighted by molar-refractivity contribution is 5.91. The number of hydrogen-bond donors (Lipinski definition) is 0. The van der Waals surface area contributed by atoms with Crippen molar-refractivity contribution in [3.8, 4) is 11.9 Å². The molecule has 0 amide bonds. The van der Waals surface area contributed by atoms with Crippen LogP contribution >= 0.6 is 0 Å². The number of rotatable bonds is 2. The highest BCUT2D eigenvalue weighted by Crippen LogP contribution is 2.39. The normalized spacial score (nSPS) is 16.0. The second kappa shape index (κ2) is 5.48. The summed E-state index contributed by atoms with van der Waals surface area (Å²) in [4.78, 5) is 16.0. The Morgan fingerprint density at radius 1 is 1.50 bits per heavy atom. The minimum atomic E-state index is -0.570. The first-order valence-corrected chi connectivity index (χ1v) is 6.63. The van der Waals surface area contributed by atoms with Gasteiger partial charge in [-0.1, -0.05) is 0 Å². The number of nitriles is 1. The van der Waals surface area contributed by atoms with Gasteiger partial charge in [0, 0.05) is 24.7 Å². The van der Waals surface area contributed by atoms with Gasteiger partial charge in [-0.15, -0.1) is 0 Å². The molecule has 1 heterocycles. The Labute approximate surface area is 128 Å². The largest absolute Gasteiger partial charge is 0.483 e. The molecule has 1 aromatic rings. The highest BCUT2D eigenvalue weighted by atomic mass is 16.6. The van der Waals surface area contributed by atoms with E-state index in [1.807, 2.05) is 19.9 Å². The lowest BCUT2D eigenvalue weighted by Gasteiger charge is -2.34. The van der Waals surface area contributed by atoms with E-state index in [0.29, 0.717) is 22.8 Å². The zero-order valence-electron chi connectivity index (χ0n) is 12.8. The van der Waals surface area contributed by atoms with Gasteiger partial charge >= 0.3 is 0 Å². The van der Waals surface area contributed by atoms with E-state index in [2.05, 4.69) is 4.99 Å². The molecule has 7 nitrogen and oxygen atoms in total. The number of aliphatic imine (C=N–C) groups is 1. The molecule has 7 heteroatoms. The third-order valence-corrected chi connectivity index (χ3v) is 3.37. The number of nitrogens with zero attached hydrogens (tertiary/aromatic N) is 4. The van der Waals surface area contributed by atoms with Crippen molar-refractivity contribution in [3.63, 3.8) is 0 Å². The molecule has 0 spiro atoms. The fourth-order valence-electron chi connectivity index (χ4n) is 2.24. The molecular formula is C15H16N4O3. The van der Waals surface area contributed by atoms with Crippen LogP contribution in [0.5, 0.6) is 5.75 Å². The molecule has 114 valence electrons. The lowest BCUT2D eigenvalue weighted by molar-refractivity contribution is -0.384. The van der Waals surface area contributed by atoms with Crippen LogP contribution in [0, 0.1) is 21.6 Å². The summed E-state index contributed by atoms with van der Waals surface area (Å²) in [6.07, 6.45) is 3.60. The molecule has 0 radical (unpaired) electrons. The molecule has 0 aromatic heterocycles. The molecule has 1 aliphatic rings. The zero-order valence-corrected chi connectivity index (χ0v) is 12.8. The van der Waals surface area contributed by atoms with Crippen molar-refractivity contribution in [2.45, 2.75) is 26.4 Å². The van der Waals surface area contributed by atoms with Crippen LogP contribution in [0.4, 0.5) is 5.69 Å². The summed E-state index contributed by atoms with van der Waals surface area (Å²) in [7, 11) is 1.76. The van der Waals surface area contributed by atoms with Crippen LogP contribution in [-0.2, 0) is 0 Å². The van der Waals surface area contributed by atoms with Crippen LogP contribution in [0.3, 0.4) is 0 Å². The second-order valence-corrected chi connectivity index (χ2v) is 5.49. The van der Waals surface area contributed by atoms with E-state index in [0.717, 1.165) is 0 Å². The Morgan fingerprint density at radius 2 is 2.18 bits per heavy atom. The molecule has 1 aromatic carbocycles. The third-order valence-electron chi connectivity index (χ3n) is 3.37. The van der Waals surface area contributed by atoms with Crippen molar-refractivity contribution in [2.24, 2.45) is 4.99 Å². The molecule has 2 rings (SSSR count). The molecule has 0 saturated carbocycles. The SMILES string of the molecule is CC(=NC#N)N(C)C1=CC(C)(C)Oc2ccc([N+](=O)[O-])cc21. The summed E-state index contributed by atoms with van der Waals surface area (Å²) < 4.78 is 5.84. The molecule has 0 saturated heterocycles. The maximum atomic E-state index is 11.0. The monoisotopic (exact) mass is 300 g/mol. The van der Waals surface area contributed by atoms with Gasteiger partial charge in [-0.25, -0.2) is 0 Å². The van der Waals surface area contributed by atoms with Gasteiger partial charge in [-0.3, -0.25) is 10.1 Å². The van der Waals surface area contributed by atoms with Crippen LogP contribution in [0.15, 0.2) is 29.3 Å². The van der Waals surface area contributed by atoms with Crippen LogP contribution < -0.4 is 4.74 Å². The second-order valence-electron chi connectivity index (χ2n) is 5.49. The van der Waals surface area contributed by atoms with Crippen molar-refractivity contribution in [2.75, 3.05) is 7.05 Å². The van der Waals surface area contributed by atoms with Crippen LogP contribution in [0.2, 0.25) is 0 Å². The van der Waals surface area contributed by atoms with Crippen molar-refractivity contribution in [3.05, 3.63) is 40.0 Å². The third kappa shape index (κ3) is 2.91. The first kappa shape index (κ1) is 15.5. The predicted molar refractivity (Wildman–Crippen MR) is 82.3 cm³/mol. The molecular weight excluding hydrogens is 284 g/mol. The predicted octanol–water partition coefficient (Wildman–Crippen LogP) is 2.94. The molecule has 0 bridgehead atoms. The van der Waals surface area contributed by atoms with E-state index in [-0.39, 0.29) is 5.69 Å². The Kier molecular flexibility index (Phi) is 3.87. The van der Waals surface area contributed by atoms with Crippen molar-refractivity contribution < 1.29 is 9.66 Å². The van der Waals surface area contributed by atoms with E-state index in [1.54, 1.807) is 31.1 Å². The number of non-ortho nitro benzene ring substituents is 1. The molecule has 0 aliphatic carbocycles. The smallest absolute Gasteiger partial charge is 0.270 e. The maximum absolute atomic E-state index is 11.0. The topological polar surface area (TPSA) is 91.8 Å². The lowest BCUT2D eigenvalue weighted by atomic mass is 9.98. The number of benzene rings is 1. The number of amidine groups is 1. The quantitative estimate of drug-likeness (QED) is 0.275. The molecule has 0 unspecified atom stereocenters. The summed E-state index contributed by atoms with van der Waals surface area (Å²) in [5, 5.41) is 19.7. The summed E-state index contributed by atoms with van der Waals surface area (Å²) in [6, 6.07) is 4.47. The summed E-state index contributed by atoms with van der Waals surface area (Å²) >= 11 is 0. The Hall–Kier alpha value is -2.88. The average Bonchev–Trinajstić information content (AvgIpc) is 2.44. The standard InChI is InChI=1S/C15H16N4O3/c1-10(17-9-16)18(4)13-8-15(2,3)22-14-6-5-11(19(20)21)7-12(13)14/h5-8H,1-4H3. The van der Waals surface area contributed by atoms with Crippen LogP contribution in [0.1, 0.15) is 26.3 Å². The maximum Gasteiger partial charge on any atom is 0.270 e. The van der Waals surface area contributed by atoms with Crippen molar-refractivity contribution in [1.29, 1.82) is 5.26 Å². The van der Waals surface area contributed by atoms with Gasteiger partial charge in [0.05, 0.1) is 10.6 Å². The fourth-order valence-corrected chi connectivity index (χ4v) is 2.24. The van der Waals surface area contributed by atoms with Crippen molar-refractivity contribution >= 4 is 17.2 Å². The van der Waals surface area contributed by atoms with E-state index in [9.17, 15) is 10.1 Å². The highest BCUT2D eigenvalue weighted by Gasteiger charge is 2.30. The number of nitro groups is 1. The first-order valence-electron chi connectivity index (χ1n) is 6.63. The minimum Gasteiger partial charge on any atom is -0.483 e.